The van der Waals surface area contributed by atoms with Crippen LogP contribution in [0.3, 0.4) is 0 Å². The second-order valence-electron chi connectivity index (χ2n) is 1.64. The summed E-state index contributed by atoms with van der Waals surface area (Å²) in [5, 5.41) is 2.95. The van der Waals surface area contributed by atoms with Crippen LogP contribution in [0.25, 0.3) is 0 Å². The number of nitrogens with two attached hydrogens (primary N) is 1. The van der Waals surface area contributed by atoms with Crippen molar-refractivity contribution in [2.45, 2.75) is 13.0 Å². The maximum absolute atomic E-state index is 5.41. The highest BCUT2D eigenvalue weighted by Gasteiger charge is 1.96. The molecule has 0 heterocycles. The van der Waals surface area contributed by atoms with Crippen LogP contribution < -0.4 is 11.1 Å². The van der Waals surface area contributed by atoms with Crippen molar-refractivity contribution in [3.8, 4) is 0 Å². The Balaban J connectivity index is 3.82. The van der Waals surface area contributed by atoms with Crippen molar-refractivity contribution in [1.29, 1.82) is 0 Å². The second kappa shape index (κ2) is 3.30. The molecule has 8 heavy (non-hydrogen) atoms. The van der Waals surface area contributed by atoms with E-state index in [-0.39, 0.29) is 6.04 Å². The molecule has 0 radical (unpaired) electrons. The molecule has 0 aliphatic carbocycles. The van der Waals surface area contributed by atoms with E-state index in [0.29, 0.717) is 5.70 Å². The Morgan fingerprint density at radius 3 is 2.50 bits per heavy atom. The Bertz CT molecular complexity index is 112. The average molecular weight is 112 g/mol. The van der Waals surface area contributed by atoms with Gasteiger partial charge >= 0.3 is 0 Å². The summed E-state index contributed by atoms with van der Waals surface area (Å²) in [6, 6.07) is 0.187. The van der Waals surface area contributed by atoms with Crippen LogP contribution in [0.15, 0.2) is 18.0 Å². The van der Waals surface area contributed by atoms with Crippen LogP contribution in [0, 0.1) is 0 Å². The van der Waals surface area contributed by atoms with Gasteiger partial charge in [-0.25, -0.2) is 0 Å². The van der Waals surface area contributed by atoms with Crippen molar-refractivity contribution < 1.29 is 0 Å². The summed E-state index contributed by atoms with van der Waals surface area (Å²) in [5.74, 6) is 0. The minimum absolute atomic E-state index is 0.187. The molecule has 0 spiro atoms. The van der Waals surface area contributed by atoms with Crippen LogP contribution in [-0.4, -0.2) is 13.1 Å². The molecule has 0 fully saturated rings. The van der Waals surface area contributed by atoms with Gasteiger partial charge in [-0.1, -0.05) is 6.58 Å². The first-order chi connectivity index (χ1) is 3.72. The molecule has 1 atom stereocenters. The van der Waals surface area contributed by atoms with Crippen LogP contribution in [0.1, 0.15) is 6.92 Å². The lowest BCUT2D eigenvalue weighted by Gasteiger charge is -2.06. The van der Waals surface area contributed by atoms with Crippen molar-refractivity contribution in [2.75, 3.05) is 7.05 Å². The van der Waals surface area contributed by atoms with Crippen LogP contribution in [0.5, 0.6) is 0 Å². The quantitative estimate of drug-likeness (QED) is 0.501. The smallest absolute Gasteiger partial charge is 0.0675 e. The predicted octanol–water partition coefficient (Wildman–Crippen LogP) is 0.222. The van der Waals surface area contributed by atoms with Gasteiger partial charge in [-0.3, -0.25) is 0 Å². The summed E-state index contributed by atoms with van der Waals surface area (Å²) in [6.45, 7) is 5.35. The van der Waals surface area contributed by atoms with Gasteiger partial charge < -0.3 is 11.1 Å². The van der Waals surface area contributed by atoms with Gasteiger partial charge in [-0.2, -0.15) is 0 Å². The third kappa shape index (κ3) is 1.82. The minimum Gasteiger partial charge on any atom is -0.394 e. The van der Waals surface area contributed by atoms with Crippen molar-refractivity contribution in [3.63, 3.8) is 0 Å². The van der Waals surface area contributed by atoms with E-state index < -0.39 is 0 Å². The van der Waals surface area contributed by atoms with Crippen LogP contribution in [0.2, 0.25) is 0 Å². The Labute approximate surface area is 50.1 Å². The molecular formula is C6H12N2. The van der Waals surface area contributed by atoms with Crippen molar-refractivity contribution >= 4 is 0 Å². The van der Waals surface area contributed by atoms with E-state index in [2.05, 4.69) is 17.6 Å². The zero-order valence-corrected chi connectivity index (χ0v) is 5.36. The summed E-state index contributed by atoms with van der Waals surface area (Å²) in [5.41, 5.74) is 8.66. The number of rotatable bonds is 2. The molecule has 0 unspecified atom stereocenters. The molecule has 0 bridgehead atoms. The molecular weight excluding hydrogens is 100 g/mol. The minimum atomic E-state index is 0.187. The number of nitrogens with one attached hydrogen (secondary N) is 1. The first-order valence-corrected chi connectivity index (χ1v) is 2.55. The fourth-order valence-corrected chi connectivity index (χ4v) is 0.309. The molecule has 0 aromatic heterocycles. The number of hydrogen-bond acceptors (Lipinski definition) is 2. The topological polar surface area (TPSA) is 38.0 Å². The lowest BCUT2D eigenvalue weighted by atomic mass is 10.3. The third-order valence-electron chi connectivity index (χ3n) is 1.10. The fourth-order valence-electron chi connectivity index (χ4n) is 0.309. The van der Waals surface area contributed by atoms with Gasteiger partial charge in [0.1, 0.15) is 0 Å². The first-order valence-electron chi connectivity index (χ1n) is 2.55. The fraction of sp³-hybridized carbons (Fsp3) is 0.500. The van der Waals surface area contributed by atoms with Gasteiger partial charge in [-0.15, -0.1) is 5.73 Å². The van der Waals surface area contributed by atoms with E-state index in [1.165, 1.54) is 0 Å². The van der Waals surface area contributed by atoms with Gasteiger partial charge in [0.25, 0.3) is 0 Å². The predicted molar refractivity (Wildman–Crippen MR) is 35.4 cm³/mol. The molecule has 0 aliphatic heterocycles. The monoisotopic (exact) mass is 112 g/mol. The van der Waals surface area contributed by atoms with Gasteiger partial charge in [0.15, 0.2) is 0 Å². The highest BCUT2D eigenvalue weighted by Crippen LogP contribution is 1.86. The summed E-state index contributed by atoms with van der Waals surface area (Å²) >= 11 is 0. The van der Waals surface area contributed by atoms with E-state index in [1.807, 2.05) is 14.0 Å². The van der Waals surface area contributed by atoms with E-state index in [4.69, 9.17) is 5.73 Å². The highest BCUT2D eigenvalue weighted by atomic mass is 14.9. The normalized spacial score (nSPS) is 12.2. The molecule has 2 heteroatoms. The standard InChI is InChI=1S/C6H12N2/c1-4-6(7)5(2)8-3/h5,8H,1,7H2,2-3H3/t5-/m0/s1. The molecule has 0 saturated heterocycles. The molecule has 3 N–H and O–H groups in total. The summed E-state index contributed by atoms with van der Waals surface area (Å²) < 4.78 is 0. The lowest BCUT2D eigenvalue weighted by Crippen LogP contribution is -2.27. The molecule has 0 aromatic rings. The summed E-state index contributed by atoms with van der Waals surface area (Å²) in [7, 11) is 1.84. The maximum atomic E-state index is 5.41. The maximum Gasteiger partial charge on any atom is 0.0675 e. The zero-order chi connectivity index (χ0) is 6.57. The Morgan fingerprint density at radius 2 is 2.38 bits per heavy atom. The number of hydrogen-bond donors (Lipinski definition) is 2. The lowest BCUT2D eigenvalue weighted by molar-refractivity contribution is 0.686. The molecule has 0 amide bonds. The number of likely N-dealkylation sites (N-methyl/N-ethyl adjacent to an activating group) is 1. The molecule has 0 aliphatic rings. The Kier molecular flexibility index (Phi) is 3.01. The molecule has 2 nitrogen and oxygen atoms in total. The van der Waals surface area contributed by atoms with E-state index in [9.17, 15) is 0 Å². The first kappa shape index (κ1) is 7.28. The van der Waals surface area contributed by atoms with Gasteiger partial charge in [0.05, 0.1) is 11.7 Å². The van der Waals surface area contributed by atoms with Crippen molar-refractivity contribution in [1.82, 2.24) is 5.32 Å². The Hall–Kier alpha value is -0.720. The van der Waals surface area contributed by atoms with Gasteiger partial charge in [-0.05, 0) is 14.0 Å². The van der Waals surface area contributed by atoms with E-state index >= 15 is 0 Å². The third-order valence-corrected chi connectivity index (χ3v) is 1.10. The van der Waals surface area contributed by atoms with Crippen molar-refractivity contribution in [2.24, 2.45) is 5.73 Å². The molecule has 0 aromatic carbocycles. The second-order valence-corrected chi connectivity index (χ2v) is 1.64. The van der Waals surface area contributed by atoms with Crippen LogP contribution in [0.4, 0.5) is 0 Å². The van der Waals surface area contributed by atoms with Gasteiger partial charge in [0, 0.05) is 0 Å². The Morgan fingerprint density at radius 1 is 1.88 bits per heavy atom. The summed E-state index contributed by atoms with van der Waals surface area (Å²) in [6.07, 6.45) is 0. The largest absolute Gasteiger partial charge is 0.394 e. The van der Waals surface area contributed by atoms with Gasteiger partial charge in [0.2, 0.25) is 0 Å². The highest BCUT2D eigenvalue weighted by molar-refractivity contribution is 5.00. The van der Waals surface area contributed by atoms with Crippen LogP contribution >= 0.6 is 0 Å². The summed E-state index contributed by atoms with van der Waals surface area (Å²) in [4.78, 5) is 0. The molecule has 0 saturated carbocycles. The van der Waals surface area contributed by atoms with Crippen molar-refractivity contribution in [3.05, 3.63) is 18.0 Å². The zero-order valence-electron chi connectivity index (χ0n) is 5.36. The SMILES string of the molecule is C=C=C(N)[C@H](C)NC. The average Bonchev–Trinajstić information content (AvgIpc) is 1.84. The molecule has 46 valence electrons. The van der Waals surface area contributed by atoms with E-state index in [1.54, 1.807) is 0 Å². The molecule has 0 rings (SSSR count). The van der Waals surface area contributed by atoms with E-state index in [0.717, 1.165) is 0 Å². The van der Waals surface area contributed by atoms with Crippen LogP contribution in [-0.2, 0) is 0 Å².